The highest BCUT2D eigenvalue weighted by atomic mass is 16.5. The lowest BCUT2D eigenvalue weighted by molar-refractivity contribution is 0.123. The number of benzene rings is 1. The third kappa shape index (κ3) is 4.19. The van der Waals surface area contributed by atoms with Crippen LogP contribution in [0, 0.1) is 0 Å². The number of aromatic amines is 1. The molecule has 3 N–H and O–H groups in total. The SMILES string of the molecule is CCC(C)N(CCOC)CCc1nc2ccc(N)cc2[nH]1. The van der Waals surface area contributed by atoms with Crippen LogP contribution >= 0.6 is 0 Å². The van der Waals surface area contributed by atoms with Gasteiger partial charge in [-0.05, 0) is 31.5 Å². The molecule has 0 amide bonds. The zero-order valence-corrected chi connectivity index (χ0v) is 13.2. The summed E-state index contributed by atoms with van der Waals surface area (Å²) in [5, 5.41) is 0. The van der Waals surface area contributed by atoms with Crippen molar-refractivity contribution in [3.05, 3.63) is 24.0 Å². The number of ether oxygens (including phenoxy) is 1. The van der Waals surface area contributed by atoms with E-state index in [9.17, 15) is 0 Å². The van der Waals surface area contributed by atoms with E-state index in [2.05, 4.69) is 28.7 Å². The Labute approximate surface area is 126 Å². The molecule has 1 atom stereocenters. The molecule has 1 aromatic carbocycles. The van der Waals surface area contributed by atoms with E-state index in [-0.39, 0.29) is 0 Å². The molecule has 0 saturated heterocycles. The molecule has 0 spiro atoms. The van der Waals surface area contributed by atoms with Gasteiger partial charge in [-0.2, -0.15) is 0 Å². The lowest BCUT2D eigenvalue weighted by Gasteiger charge is -2.27. The van der Waals surface area contributed by atoms with E-state index in [1.54, 1.807) is 7.11 Å². The second-order valence-corrected chi connectivity index (χ2v) is 5.50. The number of nitrogens with two attached hydrogens (primary N) is 1. The highest BCUT2D eigenvalue weighted by molar-refractivity contribution is 5.78. The van der Waals surface area contributed by atoms with E-state index in [1.807, 2.05) is 18.2 Å². The van der Waals surface area contributed by atoms with Crippen molar-refractivity contribution in [2.24, 2.45) is 0 Å². The maximum Gasteiger partial charge on any atom is 0.108 e. The number of methoxy groups -OCH3 is 1. The first-order valence-electron chi connectivity index (χ1n) is 7.61. The fourth-order valence-corrected chi connectivity index (χ4v) is 2.47. The molecule has 1 heterocycles. The summed E-state index contributed by atoms with van der Waals surface area (Å²) in [6, 6.07) is 6.34. The molecule has 0 fully saturated rings. The van der Waals surface area contributed by atoms with Crippen molar-refractivity contribution in [2.75, 3.05) is 32.5 Å². The summed E-state index contributed by atoms with van der Waals surface area (Å²) in [4.78, 5) is 10.4. The Morgan fingerprint density at radius 2 is 2.19 bits per heavy atom. The Morgan fingerprint density at radius 1 is 1.38 bits per heavy atom. The fraction of sp³-hybridized carbons (Fsp3) is 0.562. The lowest BCUT2D eigenvalue weighted by atomic mass is 10.2. The molecule has 1 aromatic heterocycles. The highest BCUT2D eigenvalue weighted by Crippen LogP contribution is 2.15. The van der Waals surface area contributed by atoms with Crippen LogP contribution in [0.4, 0.5) is 5.69 Å². The van der Waals surface area contributed by atoms with E-state index >= 15 is 0 Å². The number of anilines is 1. The van der Waals surface area contributed by atoms with Gasteiger partial charge < -0.3 is 15.5 Å². The van der Waals surface area contributed by atoms with Gasteiger partial charge in [0, 0.05) is 38.3 Å². The average molecular weight is 290 g/mol. The molecule has 21 heavy (non-hydrogen) atoms. The summed E-state index contributed by atoms with van der Waals surface area (Å²) < 4.78 is 5.20. The normalized spacial score (nSPS) is 13.1. The summed E-state index contributed by atoms with van der Waals surface area (Å²) in [5.41, 5.74) is 8.55. The van der Waals surface area contributed by atoms with Crippen LogP contribution in [0.25, 0.3) is 11.0 Å². The van der Waals surface area contributed by atoms with Crippen molar-refractivity contribution >= 4 is 16.7 Å². The molecule has 5 nitrogen and oxygen atoms in total. The van der Waals surface area contributed by atoms with Gasteiger partial charge in [0.25, 0.3) is 0 Å². The maximum absolute atomic E-state index is 5.80. The lowest BCUT2D eigenvalue weighted by Crippen LogP contribution is -2.37. The highest BCUT2D eigenvalue weighted by Gasteiger charge is 2.13. The Bertz CT molecular complexity index is 566. The number of nitrogens with zero attached hydrogens (tertiary/aromatic N) is 2. The first kappa shape index (κ1) is 15.8. The van der Waals surface area contributed by atoms with Crippen LogP contribution in [0.1, 0.15) is 26.1 Å². The van der Waals surface area contributed by atoms with Crippen LogP contribution in [0.15, 0.2) is 18.2 Å². The Kier molecular flexibility index (Phi) is 5.59. The van der Waals surface area contributed by atoms with E-state index in [0.29, 0.717) is 6.04 Å². The Balaban J connectivity index is 2.00. The first-order chi connectivity index (χ1) is 10.1. The van der Waals surface area contributed by atoms with Gasteiger partial charge in [-0.1, -0.05) is 6.92 Å². The van der Waals surface area contributed by atoms with Gasteiger partial charge in [-0.15, -0.1) is 0 Å². The third-order valence-corrected chi connectivity index (χ3v) is 3.99. The van der Waals surface area contributed by atoms with Crippen LogP contribution < -0.4 is 5.73 Å². The van der Waals surface area contributed by atoms with Crippen LogP contribution in [-0.4, -0.2) is 47.7 Å². The second-order valence-electron chi connectivity index (χ2n) is 5.50. The van der Waals surface area contributed by atoms with Crippen LogP contribution in [0.2, 0.25) is 0 Å². The summed E-state index contributed by atoms with van der Waals surface area (Å²) in [7, 11) is 1.75. The molecule has 5 heteroatoms. The van der Waals surface area contributed by atoms with Gasteiger partial charge in [0.2, 0.25) is 0 Å². The number of aromatic nitrogens is 2. The molecule has 0 aliphatic heterocycles. The first-order valence-corrected chi connectivity index (χ1v) is 7.61. The standard InChI is InChI=1S/C16H26N4O/c1-4-12(2)20(9-10-21-3)8-7-16-18-14-6-5-13(17)11-15(14)19-16/h5-6,11-12H,4,7-10,17H2,1-3H3,(H,18,19). The molecular weight excluding hydrogens is 264 g/mol. The Hall–Kier alpha value is -1.59. The number of hydrogen-bond donors (Lipinski definition) is 2. The number of rotatable bonds is 8. The molecule has 0 bridgehead atoms. The summed E-state index contributed by atoms with van der Waals surface area (Å²) in [5.74, 6) is 1.02. The van der Waals surface area contributed by atoms with E-state index in [4.69, 9.17) is 10.5 Å². The summed E-state index contributed by atoms with van der Waals surface area (Å²) >= 11 is 0. The average Bonchev–Trinajstić information content (AvgIpc) is 2.88. The predicted octanol–water partition coefficient (Wildman–Crippen LogP) is 2.43. The number of imidazole rings is 1. The third-order valence-electron chi connectivity index (χ3n) is 3.99. The van der Waals surface area contributed by atoms with E-state index in [1.165, 1.54) is 0 Å². The molecule has 116 valence electrons. The number of fused-ring (bicyclic) bond motifs is 1. The minimum absolute atomic E-state index is 0.556. The van der Waals surface area contributed by atoms with Crippen LogP contribution in [0.3, 0.4) is 0 Å². The van der Waals surface area contributed by atoms with Crippen LogP contribution in [0.5, 0.6) is 0 Å². The predicted molar refractivity (Wildman–Crippen MR) is 87.4 cm³/mol. The van der Waals surface area contributed by atoms with Crippen molar-refractivity contribution in [1.29, 1.82) is 0 Å². The zero-order chi connectivity index (χ0) is 15.2. The van der Waals surface area contributed by atoms with Crippen molar-refractivity contribution < 1.29 is 4.74 Å². The van der Waals surface area contributed by atoms with Crippen molar-refractivity contribution in [2.45, 2.75) is 32.7 Å². The number of H-pyrrole nitrogens is 1. The minimum atomic E-state index is 0.556. The van der Waals surface area contributed by atoms with Crippen LogP contribution in [-0.2, 0) is 11.2 Å². The Morgan fingerprint density at radius 3 is 2.90 bits per heavy atom. The summed E-state index contributed by atoms with van der Waals surface area (Å²) in [6.45, 7) is 7.18. The molecule has 0 aliphatic rings. The van der Waals surface area contributed by atoms with Crippen molar-refractivity contribution in [1.82, 2.24) is 14.9 Å². The fourth-order valence-electron chi connectivity index (χ4n) is 2.47. The van der Waals surface area contributed by atoms with Gasteiger partial charge in [-0.25, -0.2) is 4.98 Å². The number of hydrogen-bond acceptors (Lipinski definition) is 4. The zero-order valence-electron chi connectivity index (χ0n) is 13.2. The molecule has 1 unspecified atom stereocenters. The van der Waals surface area contributed by atoms with Gasteiger partial charge >= 0.3 is 0 Å². The van der Waals surface area contributed by atoms with Crippen molar-refractivity contribution in [3.63, 3.8) is 0 Å². The molecule has 2 aromatic rings. The van der Waals surface area contributed by atoms with Gasteiger partial charge in [-0.3, -0.25) is 4.90 Å². The second kappa shape index (κ2) is 7.43. The topological polar surface area (TPSA) is 67.2 Å². The monoisotopic (exact) mass is 290 g/mol. The van der Waals surface area contributed by atoms with Gasteiger partial charge in [0.1, 0.15) is 5.82 Å². The summed E-state index contributed by atoms with van der Waals surface area (Å²) in [6.07, 6.45) is 2.04. The van der Waals surface area contributed by atoms with E-state index < -0.39 is 0 Å². The number of nitrogen functional groups attached to an aromatic ring is 1. The molecule has 0 radical (unpaired) electrons. The van der Waals surface area contributed by atoms with E-state index in [0.717, 1.165) is 55.1 Å². The molecular formula is C16H26N4O. The minimum Gasteiger partial charge on any atom is -0.399 e. The quantitative estimate of drug-likeness (QED) is 0.733. The smallest absolute Gasteiger partial charge is 0.108 e. The maximum atomic E-state index is 5.80. The largest absolute Gasteiger partial charge is 0.399 e. The molecule has 0 saturated carbocycles. The van der Waals surface area contributed by atoms with Crippen molar-refractivity contribution in [3.8, 4) is 0 Å². The molecule has 2 rings (SSSR count). The number of nitrogens with one attached hydrogen (secondary N) is 1. The molecule has 0 aliphatic carbocycles. The van der Waals surface area contributed by atoms with Gasteiger partial charge in [0.15, 0.2) is 0 Å². The van der Waals surface area contributed by atoms with Gasteiger partial charge in [0.05, 0.1) is 17.6 Å².